The number of aromatic amines is 1. The van der Waals surface area contributed by atoms with Gasteiger partial charge in [0.25, 0.3) is 5.91 Å². The van der Waals surface area contributed by atoms with Crippen molar-refractivity contribution < 1.29 is 23.9 Å². The van der Waals surface area contributed by atoms with Crippen LogP contribution in [-0.4, -0.2) is 142 Å². The Morgan fingerprint density at radius 1 is 0.833 bits per heavy atom. The fourth-order valence-corrected chi connectivity index (χ4v) is 10.1. The van der Waals surface area contributed by atoms with Gasteiger partial charge < -0.3 is 24.2 Å². The second-order valence-electron chi connectivity index (χ2n) is 18.0. The van der Waals surface area contributed by atoms with Crippen molar-refractivity contribution in [3.05, 3.63) is 47.9 Å². The molecule has 0 radical (unpaired) electrons. The van der Waals surface area contributed by atoms with Crippen molar-refractivity contribution in [2.24, 2.45) is 11.8 Å². The first-order chi connectivity index (χ1) is 29.2. The van der Waals surface area contributed by atoms with E-state index in [1.165, 1.54) is 32.2 Å². The van der Waals surface area contributed by atoms with Crippen LogP contribution < -0.4 is 24.6 Å². The van der Waals surface area contributed by atoms with E-state index in [0.29, 0.717) is 30.2 Å². The summed E-state index contributed by atoms with van der Waals surface area (Å²) >= 11 is 0. The lowest BCUT2D eigenvalue weighted by atomic mass is 9.81. The molecule has 1 unspecified atom stereocenters. The minimum Gasteiger partial charge on any atom is -0.494 e. The smallest absolute Gasteiger partial charge is 0.255 e. The molecule has 60 heavy (non-hydrogen) atoms. The van der Waals surface area contributed by atoms with Gasteiger partial charge >= 0.3 is 0 Å². The standard InChI is InChI=1S/C44H55N11O5/c1-44(11-12-44)60-39-21-31-34(23-45-39)49-50-40(31)33-22-37(47-27-46-33)54-19-15-52(16-20-54)25-29-5-3-28(4-6-29)24-51-13-17-53(18-14-51)35-8-7-30-32(41(35)59-2)26-55(43(30)58)36-9-10-38(56)48-42(36)57/h7-8,21-23,27-29,36H,3-6,9-20,24-26H2,1-2H3,(H,49,50)(H,48,56,57). The van der Waals surface area contributed by atoms with Crippen molar-refractivity contribution >= 4 is 40.1 Å². The number of hydrogen-bond acceptors (Lipinski definition) is 13. The van der Waals surface area contributed by atoms with E-state index >= 15 is 0 Å². The summed E-state index contributed by atoms with van der Waals surface area (Å²) in [5.41, 5.74) is 4.74. The van der Waals surface area contributed by atoms with Gasteiger partial charge in [-0.2, -0.15) is 5.10 Å². The molecule has 7 heterocycles. The van der Waals surface area contributed by atoms with Crippen molar-refractivity contribution in [2.75, 3.05) is 82.4 Å². The first kappa shape index (κ1) is 38.8. The largest absolute Gasteiger partial charge is 0.494 e. The molecule has 2 saturated carbocycles. The van der Waals surface area contributed by atoms with Crippen LogP contribution in [0.2, 0.25) is 0 Å². The summed E-state index contributed by atoms with van der Waals surface area (Å²) in [7, 11) is 1.66. The van der Waals surface area contributed by atoms with E-state index in [1.807, 2.05) is 18.2 Å². The van der Waals surface area contributed by atoms with Crippen molar-refractivity contribution in [2.45, 2.75) is 76.5 Å². The molecule has 6 aliphatic rings. The molecule has 10 rings (SSSR count). The van der Waals surface area contributed by atoms with E-state index in [0.717, 1.165) is 123 Å². The van der Waals surface area contributed by atoms with Crippen LogP contribution >= 0.6 is 0 Å². The van der Waals surface area contributed by atoms with E-state index in [9.17, 15) is 14.4 Å². The first-order valence-electron chi connectivity index (χ1n) is 21.8. The van der Waals surface area contributed by atoms with Crippen LogP contribution in [0.5, 0.6) is 11.6 Å². The van der Waals surface area contributed by atoms with Crippen LogP contribution in [0.4, 0.5) is 11.5 Å². The first-order valence-corrected chi connectivity index (χ1v) is 21.8. The Hall–Kier alpha value is -5.35. The molecule has 0 bridgehead atoms. The Morgan fingerprint density at radius 3 is 2.20 bits per heavy atom. The lowest BCUT2D eigenvalue weighted by Crippen LogP contribution is -2.52. The summed E-state index contributed by atoms with van der Waals surface area (Å²) in [6, 6.07) is 7.26. The number of nitrogens with zero attached hydrogens (tertiary/aromatic N) is 9. The number of carbonyl (C=O) groups is 3. The van der Waals surface area contributed by atoms with Gasteiger partial charge in [0.1, 0.15) is 35.2 Å². The van der Waals surface area contributed by atoms with Crippen LogP contribution in [0.1, 0.15) is 74.2 Å². The summed E-state index contributed by atoms with van der Waals surface area (Å²) in [6.45, 7) is 12.5. The van der Waals surface area contributed by atoms with Crippen LogP contribution in [0.3, 0.4) is 0 Å². The highest BCUT2D eigenvalue weighted by molar-refractivity contribution is 6.06. The lowest BCUT2D eigenvalue weighted by molar-refractivity contribution is -0.136. The molecule has 5 fully saturated rings. The number of hydrogen-bond donors (Lipinski definition) is 2. The van der Waals surface area contributed by atoms with E-state index < -0.39 is 11.9 Å². The van der Waals surface area contributed by atoms with Crippen molar-refractivity contribution in [1.29, 1.82) is 0 Å². The number of carbonyl (C=O) groups excluding carboxylic acids is 3. The topological polar surface area (TPSA) is 165 Å². The van der Waals surface area contributed by atoms with E-state index in [4.69, 9.17) is 9.47 Å². The summed E-state index contributed by atoms with van der Waals surface area (Å²) in [4.78, 5) is 63.0. The maximum atomic E-state index is 13.4. The van der Waals surface area contributed by atoms with Gasteiger partial charge in [0.05, 0.1) is 36.7 Å². The van der Waals surface area contributed by atoms with Crippen LogP contribution in [0.25, 0.3) is 22.3 Å². The number of imide groups is 1. The van der Waals surface area contributed by atoms with Crippen LogP contribution in [-0.2, 0) is 16.1 Å². The molecule has 1 atom stereocenters. The average molecular weight is 818 g/mol. The molecule has 3 aromatic heterocycles. The van der Waals surface area contributed by atoms with E-state index in [-0.39, 0.29) is 23.8 Å². The monoisotopic (exact) mass is 817 g/mol. The molecule has 16 nitrogen and oxygen atoms in total. The fraction of sp³-hybridized carbons (Fsp3) is 0.568. The lowest BCUT2D eigenvalue weighted by Gasteiger charge is -2.41. The number of benzene rings is 1. The number of ether oxygens (including phenoxy) is 2. The summed E-state index contributed by atoms with van der Waals surface area (Å²) < 4.78 is 12.1. The van der Waals surface area contributed by atoms with Crippen LogP contribution in [0, 0.1) is 11.8 Å². The Bertz CT molecular complexity index is 2270. The molecule has 4 aliphatic heterocycles. The van der Waals surface area contributed by atoms with Crippen molar-refractivity contribution in [3.8, 4) is 23.0 Å². The summed E-state index contributed by atoms with van der Waals surface area (Å²) in [6.07, 6.45) is 11.3. The minimum atomic E-state index is -0.642. The molecule has 0 spiro atoms. The molecule has 2 N–H and O–H groups in total. The third-order valence-corrected chi connectivity index (χ3v) is 13.9. The predicted molar refractivity (Wildman–Crippen MR) is 225 cm³/mol. The van der Waals surface area contributed by atoms with Gasteiger partial charge in [0.15, 0.2) is 0 Å². The number of nitrogens with one attached hydrogen (secondary N) is 2. The Kier molecular flexibility index (Phi) is 10.3. The molecular formula is C44H55N11O5. The van der Waals surface area contributed by atoms with E-state index in [1.54, 1.807) is 24.5 Å². The molecule has 2 aliphatic carbocycles. The molecule has 3 amide bonds. The third kappa shape index (κ3) is 7.75. The normalized spacial score (nSPS) is 24.8. The summed E-state index contributed by atoms with van der Waals surface area (Å²) in [5.74, 6) is 2.90. The fourth-order valence-electron chi connectivity index (χ4n) is 10.1. The minimum absolute atomic E-state index is 0.101. The second-order valence-corrected chi connectivity index (χ2v) is 18.0. The third-order valence-electron chi connectivity index (χ3n) is 13.9. The maximum absolute atomic E-state index is 13.4. The molecule has 1 aromatic carbocycles. The zero-order chi connectivity index (χ0) is 41.0. The quantitative estimate of drug-likeness (QED) is 0.210. The Balaban J connectivity index is 0.673. The number of H-pyrrole nitrogens is 1. The highest BCUT2D eigenvalue weighted by atomic mass is 16.5. The molecule has 16 heteroatoms. The molecular weight excluding hydrogens is 763 g/mol. The number of piperazine rings is 2. The van der Waals surface area contributed by atoms with Crippen molar-refractivity contribution in [1.82, 2.24) is 45.2 Å². The number of pyridine rings is 1. The van der Waals surface area contributed by atoms with E-state index in [2.05, 4.69) is 63.1 Å². The SMILES string of the molecule is COc1c(N2CCN(CC3CCC(CN4CCN(c5cc(-c6n[nH]c7cnc(OC8(C)CC8)cc67)ncn5)CC4)CC3)CC2)ccc2c1CN(C1CCC(=O)NC1=O)C2=O. The predicted octanol–water partition coefficient (Wildman–Crippen LogP) is 3.87. The Labute approximate surface area is 350 Å². The number of methoxy groups -OCH3 is 1. The van der Waals surface area contributed by atoms with Crippen LogP contribution in [0.15, 0.2) is 36.8 Å². The molecule has 316 valence electrons. The van der Waals surface area contributed by atoms with Gasteiger partial charge in [0, 0.05) is 101 Å². The number of fused-ring (bicyclic) bond motifs is 2. The average Bonchev–Trinajstić information content (AvgIpc) is 3.68. The number of anilines is 2. The molecule has 3 saturated heterocycles. The van der Waals surface area contributed by atoms with Gasteiger partial charge in [-0.25, -0.2) is 15.0 Å². The van der Waals surface area contributed by atoms with Gasteiger partial charge in [0.2, 0.25) is 17.7 Å². The van der Waals surface area contributed by atoms with Crippen molar-refractivity contribution in [3.63, 3.8) is 0 Å². The van der Waals surface area contributed by atoms with Gasteiger partial charge in [-0.1, -0.05) is 0 Å². The summed E-state index contributed by atoms with van der Waals surface area (Å²) in [5, 5.41) is 11.0. The van der Waals surface area contributed by atoms with Gasteiger partial charge in [-0.05, 0) is 75.8 Å². The molecule has 4 aromatic rings. The number of rotatable bonds is 11. The zero-order valence-corrected chi connectivity index (χ0v) is 34.7. The van der Waals surface area contributed by atoms with Gasteiger partial charge in [-0.15, -0.1) is 0 Å². The number of aromatic nitrogens is 5. The maximum Gasteiger partial charge on any atom is 0.255 e. The van der Waals surface area contributed by atoms with Gasteiger partial charge in [-0.3, -0.25) is 34.6 Å². The Morgan fingerprint density at radius 2 is 1.53 bits per heavy atom. The zero-order valence-electron chi connectivity index (χ0n) is 34.7. The number of amides is 3. The highest BCUT2D eigenvalue weighted by Gasteiger charge is 2.42. The number of piperidine rings is 1. The highest BCUT2D eigenvalue weighted by Crippen LogP contribution is 2.42. The second kappa shape index (κ2) is 15.9.